The Morgan fingerprint density at radius 1 is 1.00 bits per heavy atom. The lowest BCUT2D eigenvalue weighted by Gasteiger charge is -2.15. The van der Waals surface area contributed by atoms with E-state index in [4.69, 9.17) is 5.11 Å². The van der Waals surface area contributed by atoms with Crippen molar-refractivity contribution in [2.45, 2.75) is 19.0 Å². The third-order valence-corrected chi connectivity index (χ3v) is 3.22. The summed E-state index contributed by atoms with van der Waals surface area (Å²) in [6.07, 6.45) is -9.77. The smallest absolute Gasteiger partial charge is 0.392 e. The van der Waals surface area contributed by atoms with Crippen LogP contribution in [-0.2, 0) is 19.0 Å². The molecule has 1 aromatic rings. The van der Waals surface area contributed by atoms with Crippen LogP contribution in [0.3, 0.4) is 0 Å². The Balaban J connectivity index is 3.50. The topological polar surface area (TPSA) is 20.2 Å². The van der Waals surface area contributed by atoms with Crippen molar-refractivity contribution in [3.05, 3.63) is 32.4 Å². The van der Waals surface area contributed by atoms with Crippen molar-refractivity contribution in [3.8, 4) is 0 Å². The van der Waals surface area contributed by atoms with Gasteiger partial charge in [0.25, 0.3) is 0 Å². The van der Waals surface area contributed by atoms with Crippen molar-refractivity contribution in [2.75, 3.05) is 0 Å². The lowest BCUT2D eigenvalue weighted by Crippen LogP contribution is -2.14. The summed E-state index contributed by atoms with van der Waals surface area (Å²) < 4.78 is 74.1. The van der Waals surface area contributed by atoms with Gasteiger partial charge >= 0.3 is 12.4 Å². The van der Waals surface area contributed by atoms with Crippen LogP contribution in [0.15, 0.2) is 12.1 Å². The highest BCUT2D eigenvalue weighted by Crippen LogP contribution is 2.39. The zero-order valence-electron chi connectivity index (χ0n) is 7.95. The molecule has 1 aromatic carbocycles. The van der Waals surface area contributed by atoms with Gasteiger partial charge in [-0.1, -0.05) is 0 Å². The maximum Gasteiger partial charge on any atom is 0.417 e. The maximum absolute atomic E-state index is 12.5. The van der Waals surface area contributed by atoms with Gasteiger partial charge in [-0.2, -0.15) is 26.3 Å². The Kier molecular flexibility index (Phi) is 3.97. The summed E-state index contributed by atoms with van der Waals surface area (Å²) in [6.45, 7) is -0.884. The first-order chi connectivity index (χ1) is 7.57. The molecule has 1 N–H and O–H groups in total. The van der Waals surface area contributed by atoms with E-state index in [2.05, 4.69) is 0 Å². The number of aliphatic hydroxyl groups excluding tert-OH is 1. The Hall–Kier alpha value is -0.510. The van der Waals surface area contributed by atoms with Gasteiger partial charge in [-0.3, -0.25) is 0 Å². The number of hydrogen-bond donors (Lipinski definition) is 1. The second-order valence-electron chi connectivity index (χ2n) is 3.15. The van der Waals surface area contributed by atoms with Gasteiger partial charge in [-0.05, 0) is 40.3 Å². The summed E-state index contributed by atoms with van der Waals surface area (Å²) in [5.74, 6) is 0. The molecule has 0 fully saturated rings. The molecule has 1 nitrogen and oxygen atoms in total. The number of hydrogen-bond acceptors (Lipinski definition) is 1. The molecule has 8 heteroatoms. The van der Waals surface area contributed by atoms with Crippen LogP contribution in [0.4, 0.5) is 26.3 Å². The third kappa shape index (κ3) is 3.24. The molecule has 0 aliphatic carbocycles. The van der Waals surface area contributed by atoms with E-state index >= 15 is 0 Å². The zero-order chi connectivity index (χ0) is 13.4. The molecule has 0 saturated heterocycles. The largest absolute Gasteiger partial charge is 0.417 e. The molecule has 0 atom stereocenters. The molecular formula is C9H5F6IO. The first-order valence-corrected chi connectivity index (χ1v) is 5.23. The highest BCUT2D eigenvalue weighted by atomic mass is 127. The zero-order valence-corrected chi connectivity index (χ0v) is 10.1. The third-order valence-electron chi connectivity index (χ3n) is 1.95. The van der Waals surface area contributed by atoms with E-state index < -0.39 is 39.2 Å². The van der Waals surface area contributed by atoms with Crippen LogP contribution < -0.4 is 0 Å². The van der Waals surface area contributed by atoms with Gasteiger partial charge in [0.15, 0.2) is 0 Å². The minimum Gasteiger partial charge on any atom is -0.392 e. The number of rotatable bonds is 1. The number of halogens is 7. The Labute approximate surface area is 106 Å². The average molecular weight is 370 g/mol. The van der Waals surface area contributed by atoms with E-state index in [1.165, 1.54) is 22.6 Å². The summed E-state index contributed by atoms with van der Waals surface area (Å²) in [5.41, 5.74) is -3.21. The lowest BCUT2D eigenvalue weighted by atomic mass is 10.1. The van der Waals surface area contributed by atoms with E-state index in [-0.39, 0.29) is 6.07 Å². The molecule has 0 aliphatic heterocycles. The van der Waals surface area contributed by atoms with Gasteiger partial charge in [-0.15, -0.1) is 0 Å². The van der Waals surface area contributed by atoms with Crippen LogP contribution >= 0.6 is 22.6 Å². The molecule has 0 unspecified atom stereocenters. The van der Waals surface area contributed by atoms with Crippen molar-refractivity contribution in [1.82, 2.24) is 0 Å². The summed E-state index contributed by atoms with van der Waals surface area (Å²) in [5, 5.41) is 8.76. The molecule has 17 heavy (non-hydrogen) atoms. The number of benzene rings is 1. The Morgan fingerprint density at radius 2 is 1.53 bits per heavy atom. The molecule has 0 saturated carbocycles. The minimum absolute atomic E-state index is 0.0426. The molecule has 0 bridgehead atoms. The summed E-state index contributed by atoms with van der Waals surface area (Å²) in [7, 11) is 0. The molecular weight excluding hydrogens is 365 g/mol. The van der Waals surface area contributed by atoms with Crippen molar-refractivity contribution in [1.29, 1.82) is 0 Å². The van der Waals surface area contributed by atoms with Crippen molar-refractivity contribution in [3.63, 3.8) is 0 Å². The van der Waals surface area contributed by atoms with E-state index in [0.717, 1.165) is 0 Å². The molecule has 0 radical (unpaired) electrons. The van der Waals surface area contributed by atoms with Gasteiger partial charge in [0.05, 0.1) is 17.7 Å². The first-order valence-electron chi connectivity index (χ1n) is 4.15. The normalized spacial score (nSPS) is 12.9. The van der Waals surface area contributed by atoms with E-state index in [1.807, 2.05) is 0 Å². The second-order valence-corrected chi connectivity index (χ2v) is 4.23. The second kappa shape index (κ2) is 4.63. The average Bonchev–Trinajstić information content (AvgIpc) is 2.14. The molecule has 0 heterocycles. The van der Waals surface area contributed by atoms with Gasteiger partial charge in [-0.25, -0.2) is 0 Å². The molecule has 0 spiro atoms. The quantitative estimate of drug-likeness (QED) is 0.589. The highest BCUT2D eigenvalue weighted by molar-refractivity contribution is 14.1. The molecule has 0 amide bonds. The van der Waals surface area contributed by atoms with Crippen LogP contribution in [0.5, 0.6) is 0 Å². The predicted molar refractivity (Wildman–Crippen MR) is 55.1 cm³/mol. The van der Waals surface area contributed by atoms with E-state index in [1.54, 1.807) is 0 Å². The van der Waals surface area contributed by atoms with Crippen LogP contribution in [0.1, 0.15) is 16.7 Å². The predicted octanol–water partition coefficient (Wildman–Crippen LogP) is 3.82. The molecule has 1 rings (SSSR count). The monoisotopic (exact) mass is 370 g/mol. The van der Waals surface area contributed by atoms with Gasteiger partial charge in [0, 0.05) is 3.57 Å². The fourth-order valence-corrected chi connectivity index (χ4v) is 1.96. The maximum atomic E-state index is 12.5. The Morgan fingerprint density at radius 3 is 1.88 bits per heavy atom. The number of alkyl halides is 6. The Bertz CT molecular complexity index is 423. The van der Waals surface area contributed by atoms with E-state index in [0.29, 0.717) is 6.07 Å². The van der Waals surface area contributed by atoms with E-state index in [9.17, 15) is 26.3 Å². The summed E-state index contributed by atoms with van der Waals surface area (Å²) >= 11 is 1.26. The first kappa shape index (κ1) is 14.6. The fraction of sp³-hybridized carbons (Fsp3) is 0.333. The SMILES string of the molecule is OCc1cc(C(F)(F)F)cc(C(F)(F)F)c1I. The number of aliphatic hydroxyl groups is 1. The fourth-order valence-electron chi connectivity index (χ4n) is 1.17. The van der Waals surface area contributed by atoms with Crippen molar-refractivity contribution < 1.29 is 31.4 Å². The van der Waals surface area contributed by atoms with Gasteiger partial charge in [0.1, 0.15) is 0 Å². The van der Waals surface area contributed by atoms with Crippen molar-refractivity contribution in [2.24, 2.45) is 0 Å². The summed E-state index contributed by atoms with van der Waals surface area (Å²) in [4.78, 5) is 0. The van der Waals surface area contributed by atoms with Gasteiger partial charge in [0.2, 0.25) is 0 Å². The minimum atomic E-state index is -4.89. The lowest BCUT2D eigenvalue weighted by molar-refractivity contribution is -0.143. The molecule has 0 aliphatic rings. The molecule has 0 aromatic heterocycles. The van der Waals surface area contributed by atoms with Crippen LogP contribution in [-0.4, -0.2) is 5.11 Å². The molecule has 96 valence electrons. The van der Waals surface area contributed by atoms with Crippen molar-refractivity contribution >= 4 is 22.6 Å². The summed E-state index contributed by atoms with van der Waals surface area (Å²) in [6, 6.07) is 0.554. The van der Waals surface area contributed by atoms with Crippen LogP contribution in [0.2, 0.25) is 0 Å². The van der Waals surface area contributed by atoms with Crippen LogP contribution in [0.25, 0.3) is 0 Å². The highest BCUT2D eigenvalue weighted by Gasteiger charge is 2.38. The standard InChI is InChI=1S/C9H5F6IO/c10-8(11,12)5-1-4(3-17)7(16)6(2-5)9(13,14)15/h1-2,17H,3H2. The van der Waals surface area contributed by atoms with Gasteiger partial charge < -0.3 is 5.11 Å². The van der Waals surface area contributed by atoms with Crippen LogP contribution in [0, 0.1) is 3.57 Å².